The Balaban J connectivity index is 2.25. The minimum absolute atomic E-state index is 0.0947. The molecule has 3 unspecified atom stereocenters. The molecule has 0 aromatic heterocycles. The lowest BCUT2D eigenvalue weighted by molar-refractivity contribution is 0.207. The fraction of sp³-hybridized carbons (Fsp3) is 0.625. The number of halogens is 2. The molecule has 100 valence electrons. The second-order valence-corrected chi connectivity index (χ2v) is 7.27. The first-order valence-electron chi connectivity index (χ1n) is 6.81. The Morgan fingerprint density at radius 3 is 2.56 bits per heavy atom. The van der Waals surface area contributed by atoms with Crippen molar-refractivity contribution in [2.75, 3.05) is 0 Å². The summed E-state index contributed by atoms with van der Waals surface area (Å²) < 4.78 is 0. The van der Waals surface area contributed by atoms with E-state index in [2.05, 4.69) is 32.9 Å². The van der Waals surface area contributed by atoms with E-state index in [0.29, 0.717) is 5.92 Å². The van der Waals surface area contributed by atoms with E-state index in [1.165, 1.54) is 18.4 Å². The van der Waals surface area contributed by atoms with E-state index < -0.39 is 0 Å². The van der Waals surface area contributed by atoms with Gasteiger partial charge >= 0.3 is 0 Å². The van der Waals surface area contributed by atoms with Crippen molar-refractivity contribution < 1.29 is 0 Å². The lowest BCUT2D eigenvalue weighted by atomic mass is 9.66. The molecule has 1 aliphatic carbocycles. The highest BCUT2D eigenvalue weighted by Crippen LogP contribution is 2.44. The Hall–Kier alpha value is -0.200. The number of alkyl halides is 1. The zero-order chi connectivity index (χ0) is 13.3. The van der Waals surface area contributed by atoms with Crippen molar-refractivity contribution in [3.05, 3.63) is 34.9 Å². The van der Waals surface area contributed by atoms with Crippen LogP contribution >= 0.6 is 23.2 Å². The molecule has 1 fully saturated rings. The minimum Gasteiger partial charge on any atom is -0.123 e. The summed E-state index contributed by atoms with van der Waals surface area (Å²) in [5.74, 6) is 1.30. The fourth-order valence-electron chi connectivity index (χ4n) is 3.23. The largest absolute Gasteiger partial charge is 0.123 e. The molecule has 1 aromatic carbocycles. The molecule has 2 heteroatoms. The SMILES string of the molecule is CC1CCC(C(C)(C)c2cccc(Cl)c2)C(Cl)C1. The Labute approximate surface area is 121 Å². The molecule has 1 saturated carbocycles. The molecule has 0 N–H and O–H groups in total. The number of benzene rings is 1. The Morgan fingerprint density at radius 1 is 1.22 bits per heavy atom. The van der Waals surface area contributed by atoms with Crippen LogP contribution < -0.4 is 0 Å². The summed E-state index contributed by atoms with van der Waals surface area (Å²) in [6, 6.07) is 8.23. The summed E-state index contributed by atoms with van der Waals surface area (Å²) >= 11 is 12.7. The first kappa shape index (κ1) is 14.2. The molecule has 0 saturated heterocycles. The van der Waals surface area contributed by atoms with E-state index in [4.69, 9.17) is 23.2 Å². The summed E-state index contributed by atoms with van der Waals surface area (Å²) in [7, 11) is 0. The van der Waals surface area contributed by atoms with Crippen molar-refractivity contribution >= 4 is 23.2 Å². The van der Waals surface area contributed by atoms with Crippen LogP contribution in [0.3, 0.4) is 0 Å². The molecular weight excluding hydrogens is 263 g/mol. The second kappa shape index (κ2) is 5.43. The van der Waals surface area contributed by atoms with Crippen LogP contribution in [0.5, 0.6) is 0 Å². The molecule has 0 bridgehead atoms. The average Bonchev–Trinajstić information content (AvgIpc) is 2.28. The third-order valence-corrected chi connectivity index (χ3v) is 5.25. The molecule has 0 heterocycles. The van der Waals surface area contributed by atoms with E-state index in [1.807, 2.05) is 12.1 Å². The van der Waals surface area contributed by atoms with Crippen LogP contribution in [-0.2, 0) is 5.41 Å². The first-order chi connectivity index (χ1) is 8.41. The normalized spacial score (nSPS) is 29.3. The van der Waals surface area contributed by atoms with Gasteiger partial charge in [0.25, 0.3) is 0 Å². The lowest BCUT2D eigenvalue weighted by Crippen LogP contribution is -2.38. The van der Waals surface area contributed by atoms with Crippen molar-refractivity contribution in [2.24, 2.45) is 11.8 Å². The predicted octanol–water partition coefficient (Wildman–Crippen LogP) is 5.66. The van der Waals surface area contributed by atoms with Crippen molar-refractivity contribution in [1.82, 2.24) is 0 Å². The van der Waals surface area contributed by atoms with Gasteiger partial charge in [0, 0.05) is 10.4 Å². The van der Waals surface area contributed by atoms with Crippen LogP contribution in [0.2, 0.25) is 5.02 Å². The predicted molar refractivity (Wildman–Crippen MR) is 80.6 cm³/mol. The van der Waals surface area contributed by atoms with Crippen molar-refractivity contribution in [1.29, 1.82) is 0 Å². The van der Waals surface area contributed by atoms with Gasteiger partial charge in [0.1, 0.15) is 0 Å². The van der Waals surface area contributed by atoms with Crippen molar-refractivity contribution in [3.8, 4) is 0 Å². The summed E-state index contributed by atoms with van der Waals surface area (Å²) in [4.78, 5) is 0. The maximum atomic E-state index is 6.62. The topological polar surface area (TPSA) is 0 Å². The van der Waals surface area contributed by atoms with Gasteiger partial charge in [0.2, 0.25) is 0 Å². The molecule has 0 amide bonds. The summed E-state index contributed by atoms with van der Waals surface area (Å²) in [5, 5.41) is 1.10. The zero-order valence-electron chi connectivity index (χ0n) is 11.4. The van der Waals surface area contributed by atoms with Crippen LogP contribution in [0.15, 0.2) is 24.3 Å². The smallest absolute Gasteiger partial charge is 0.0408 e. The van der Waals surface area contributed by atoms with Gasteiger partial charge < -0.3 is 0 Å². The highest BCUT2D eigenvalue weighted by atomic mass is 35.5. The van der Waals surface area contributed by atoms with Crippen LogP contribution in [-0.4, -0.2) is 5.38 Å². The fourth-order valence-corrected chi connectivity index (χ4v) is 4.16. The monoisotopic (exact) mass is 284 g/mol. The molecule has 1 aromatic rings. The Morgan fingerprint density at radius 2 is 1.94 bits per heavy atom. The van der Waals surface area contributed by atoms with E-state index in [1.54, 1.807) is 0 Å². The zero-order valence-corrected chi connectivity index (χ0v) is 12.9. The number of hydrogen-bond donors (Lipinski definition) is 0. The van der Waals surface area contributed by atoms with Gasteiger partial charge in [-0.2, -0.15) is 0 Å². The van der Waals surface area contributed by atoms with E-state index in [-0.39, 0.29) is 10.8 Å². The minimum atomic E-state index is 0.0947. The van der Waals surface area contributed by atoms with Crippen LogP contribution in [0.4, 0.5) is 0 Å². The molecule has 1 aliphatic rings. The molecule has 2 rings (SSSR count). The maximum absolute atomic E-state index is 6.62. The molecule has 0 nitrogen and oxygen atoms in total. The van der Waals surface area contributed by atoms with Crippen LogP contribution in [0, 0.1) is 11.8 Å². The van der Waals surface area contributed by atoms with Gasteiger partial charge in [-0.3, -0.25) is 0 Å². The van der Waals surface area contributed by atoms with Crippen LogP contribution in [0.25, 0.3) is 0 Å². The molecule has 3 atom stereocenters. The van der Waals surface area contributed by atoms with Gasteiger partial charge in [0.05, 0.1) is 0 Å². The van der Waals surface area contributed by atoms with Crippen LogP contribution in [0.1, 0.15) is 45.6 Å². The highest BCUT2D eigenvalue weighted by molar-refractivity contribution is 6.30. The van der Waals surface area contributed by atoms with E-state index in [9.17, 15) is 0 Å². The van der Waals surface area contributed by atoms with E-state index in [0.717, 1.165) is 17.4 Å². The summed E-state index contributed by atoms with van der Waals surface area (Å²) in [6.45, 7) is 6.90. The summed E-state index contributed by atoms with van der Waals surface area (Å²) in [6.07, 6.45) is 3.64. The van der Waals surface area contributed by atoms with E-state index >= 15 is 0 Å². The van der Waals surface area contributed by atoms with Crippen molar-refractivity contribution in [2.45, 2.75) is 50.8 Å². The third kappa shape index (κ3) is 2.86. The highest BCUT2D eigenvalue weighted by Gasteiger charge is 2.39. The van der Waals surface area contributed by atoms with Crippen molar-refractivity contribution in [3.63, 3.8) is 0 Å². The molecule has 0 radical (unpaired) electrons. The molecular formula is C16H22Cl2. The number of rotatable bonds is 2. The van der Waals surface area contributed by atoms with Gasteiger partial charge in [0.15, 0.2) is 0 Å². The molecule has 18 heavy (non-hydrogen) atoms. The quantitative estimate of drug-likeness (QED) is 0.615. The van der Waals surface area contributed by atoms with Gasteiger partial charge in [-0.05, 0) is 47.8 Å². The third-order valence-electron chi connectivity index (χ3n) is 4.53. The van der Waals surface area contributed by atoms with Gasteiger partial charge in [-0.1, -0.05) is 50.9 Å². The van der Waals surface area contributed by atoms with Gasteiger partial charge in [-0.25, -0.2) is 0 Å². The maximum Gasteiger partial charge on any atom is 0.0408 e. The standard InChI is InChI=1S/C16H22Cl2/c1-11-7-8-14(15(18)9-11)16(2,3)12-5-4-6-13(17)10-12/h4-6,10-11,14-15H,7-9H2,1-3H3. The first-order valence-corrected chi connectivity index (χ1v) is 7.63. The number of hydrogen-bond acceptors (Lipinski definition) is 0. The lowest BCUT2D eigenvalue weighted by Gasteiger charge is -2.42. The summed E-state index contributed by atoms with van der Waals surface area (Å²) in [5.41, 5.74) is 1.40. The van der Waals surface area contributed by atoms with Gasteiger partial charge in [-0.15, -0.1) is 11.6 Å². The molecule has 0 spiro atoms. The molecule has 0 aliphatic heterocycles. The average molecular weight is 285 g/mol. The Kier molecular flexibility index (Phi) is 4.29. The second-order valence-electron chi connectivity index (χ2n) is 6.27. The Bertz CT molecular complexity index is 411.